The topological polar surface area (TPSA) is 154 Å². The smallest absolute Gasteiger partial charge is 0.347 e. The summed E-state index contributed by atoms with van der Waals surface area (Å²) < 4.78 is 16.6. The van der Waals surface area contributed by atoms with Gasteiger partial charge in [0.2, 0.25) is 5.91 Å². The SMILES string of the molecule is COc1ccc(C[C@@H](N)C(=O)NC[C@@H](C)C(=O)O[C@@H](CC(C)C)C(=O)OC(C/C=C/C(=O)O)[C@H](C)/C=C/c2ccccc2)cc1Cl. The number of methoxy groups -OCH3 is 1. The zero-order chi connectivity index (χ0) is 34.2. The van der Waals surface area contributed by atoms with E-state index in [0.717, 1.165) is 17.2 Å². The Balaban J connectivity index is 2.03. The summed E-state index contributed by atoms with van der Waals surface area (Å²) in [4.78, 5) is 50.0. The lowest BCUT2D eigenvalue weighted by Crippen LogP contribution is -2.45. The first kappa shape index (κ1) is 38.0. The van der Waals surface area contributed by atoms with E-state index in [1.54, 1.807) is 25.1 Å². The molecule has 2 rings (SSSR count). The number of carbonyl (C=O) groups is 4. The number of halogens is 1. The predicted octanol–water partition coefficient (Wildman–Crippen LogP) is 5.22. The van der Waals surface area contributed by atoms with Crippen LogP contribution < -0.4 is 15.8 Å². The number of aliphatic carboxylic acids is 1. The third kappa shape index (κ3) is 13.5. The lowest BCUT2D eigenvalue weighted by molar-refractivity contribution is -0.175. The van der Waals surface area contributed by atoms with E-state index >= 15 is 0 Å². The van der Waals surface area contributed by atoms with Crippen LogP contribution in [0.15, 0.2) is 66.8 Å². The van der Waals surface area contributed by atoms with Crippen molar-refractivity contribution < 1.29 is 38.5 Å². The van der Waals surface area contributed by atoms with Gasteiger partial charge >= 0.3 is 17.9 Å². The van der Waals surface area contributed by atoms with Gasteiger partial charge in [-0.05, 0) is 42.0 Å². The Morgan fingerprint density at radius 2 is 1.70 bits per heavy atom. The number of carboxylic acids is 1. The molecule has 0 spiro atoms. The predicted molar refractivity (Wildman–Crippen MR) is 177 cm³/mol. The summed E-state index contributed by atoms with van der Waals surface area (Å²) in [5.41, 5.74) is 7.78. The van der Waals surface area contributed by atoms with Gasteiger partial charge in [-0.2, -0.15) is 0 Å². The van der Waals surface area contributed by atoms with Crippen LogP contribution in [0.1, 0.15) is 51.7 Å². The summed E-state index contributed by atoms with van der Waals surface area (Å²) in [6.45, 7) is 7.14. The molecule has 10 nitrogen and oxygen atoms in total. The fraction of sp³-hybridized carbons (Fsp3) is 0.429. The largest absolute Gasteiger partial charge is 0.495 e. The van der Waals surface area contributed by atoms with Gasteiger partial charge in [0.05, 0.1) is 24.1 Å². The van der Waals surface area contributed by atoms with Crippen LogP contribution in [0.25, 0.3) is 6.08 Å². The van der Waals surface area contributed by atoms with Gasteiger partial charge in [-0.25, -0.2) is 9.59 Å². The van der Waals surface area contributed by atoms with Crippen molar-refractivity contribution in [1.82, 2.24) is 5.32 Å². The molecule has 46 heavy (non-hydrogen) atoms. The minimum absolute atomic E-state index is 0.00873. The van der Waals surface area contributed by atoms with E-state index in [9.17, 15) is 19.2 Å². The van der Waals surface area contributed by atoms with Crippen molar-refractivity contribution in [2.75, 3.05) is 13.7 Å². The van der Waals surface area contributed by atoms with Crippen LogP contribution >= 0.6 is 11.6 Å². The summed E-state index contributed by atoms with van der Waals surface area (Å²) in [6.07, 6.45) is 4.87. The molecule has 0 saturated heterocycles. The van der Waals surface area contributed by atoms with Gasteiger partial charge in [0.1, 0.15) is 11.9 Å². The first-order valence-electron chi connectivity index (χ1n) is 15.2. The number of benzene rings is 2. The number of amides is 1. The van der Waals surface area contributed by atoms with Gasteiger partial charge in [0.15, 0.2) is 6.10 Å². The molecule has 0 fully saturated rings. The molecule has 0 heterocycles. The fourth-order valence-corrected chi connectivity index (χ4v) is 4.66. The van der Waals surface area contributed by atoms with Gasteiger partial charge in [-0.15, -0.1) is 0 Å². The van der Waals surface area contributed by atoms with Crippen molar-refractivity contribution in [2.24, 2.45) is 23.5 Å². The molecular weight excluding hydrogens is 612 g/mol. The van der Waals surface area contributed by atoms with Crippen LogP contribution in [0.3, 0.4) is 0 Å². The molecule has 0 bridgehead atoms. The highest BCUT2D eigenvalue weighted by molar-refractivity contribution is 6.32. The quantitative estimate of drug-likeness (QED) is 0.145. The molecule has 0 aliphatic rings. The second-order valence-electron chi connectivity index (χ2n) is 11.6. The van der Waals surface area contributed by atoms with Crippen molar-refractivity contribution >= 4 is 41.5 Å². The van der Waals surface area contributed by atoms with Crippen LogP contribution in [0, 0.1) is 17.8 Å². The number of esters is 2. The average Bonchev–Trinajstić information content (AvgIpc) is 3.01. The Morgan fingerprint density at radius 1 is 1.00 bits per heavy atom. The second-order valence-corrected chi connectivity index (χ2v) is 12.0. The zero-order valence-corrected chi connectivity index (χ0v) is 27.7. The first-order chi connectivity index (χ1) is 21.8. The molecule has 2 aromatic carbocycles. The molecule has 0 aliphatic carbocycles. The standard InChI is InChI=1S/C35H45ClN2O8/c1-22(2)18-31(35(43)45-29(12-9-13-32(39)40)23(3)14-15-25-10-7-6-8-11-25)46-34(42)24(4)21-38-33(41)28(37)20-26-16-17-30(44-5)27(36)19-26/h6-11,13-17,19,22-24,28-29,31H,12,18,20-21,37H2,1-5H3,(H,38,41)(H,39,40)/b13-9+,15-14+/t23-,24-,28-,29?,31+/m1/s1. The minimum atomic E-state index is -1.19. The number of nitrogens with one attached hydrogen (secondary N) is 1. The highest BCUT2D eigenvalue weighted by Crippen LogP contribution is 2.25. The molecule has 5 atom stereocenters. The average molecular weight is 657 g/mol. The van der Waals surface area contributed by atoms with Crippen LogP contribution in [-0.4, -0.2) is 60.8 Å². The van der Waals surface area contributed by atoms with Crippen LogP contribution in [0.4, 0.5) is 0 Å². The second kappa shape index (κ2) is 19.4. The zero-order valence-electron chi connectivity index (χ0n) is 27.0. The maximum absolute atomic E-state index is 13.3. The van der Waals surface area contributed by atoms with Crippen molar-refractivity contribution in [2.45, 2.75) is 65.2 Å². The molecule has 0 aliphatic heterocycles. The molecule has 0 aromatic heterocycles. The van der Waals surface area contributed by atoms with Crippen LogP contribution in [-0.2, 0) is 35.1 Å². The van der Waals surface area contributed by atoms with Gasteiger partial charge < -0.3 is 30.4 Å². The maximum Gasteiger partial charge on any atom is 0.347 e. The Bertz CT molecular complexity index is 1360. The number of carboxylic acid groups (broad SMARTS) is 1. The number of ether oxygens (including phenoxy) is 3. The summed E-state index contributed by atoms with van der Waals surface area (Å²) in [7, 11) is 1.51. The Morgan fingerprint density at radius 3 is 2.30 bits per heavy atom. The van der Waals surface area contributed by atoms with E-state index < -0.39 is 48.0 Å². The number of rotatable bonds is 18. The van der Waals surface area contributed by atoms with E-state index in [0.29, 0.717) is 10.8 Å². The molecule has 2 aromatic rings. The van der Waals surface area contributed by atoms with E-state index in [2.05, 4.69) is 5.32 Å². The van der Waals surface area contributed by atoms with E-state index in [-0.39, 0.29) is 37.6 Å². The Hall–Kier alpha value is -4.15. The van der Waals surface area contributed by atoms with E-state index in [4.69, 9.17) is 36.7 Å². The number of hydrogen-bond acceptors (Lipinski definition) is 8. The molecular formula is C35H45ClN2O8. The van der Waals surface area contributed by atoms with Gasteiger partial charge in [0, 0.05) is 25.0 Å². The summed E-state index contributed by atoms with van der Waals surface area (Å²) in [6, 6.07) is 13.8. The molecule has 1 amide bonds. The maximum atomic E-state index is 13.3. The van der Waals surface area contributed by atoms with Crippen molar-refractivity contribution in [1.29, 1.82) is 0 Å². The van der Waals surface area contributed by atoms with Crippen molar-refractivity contribution in [3.05, 3.63) is 82.9 Å². The molecule has 11 heteroatoms. The van der Waals surface area contributed by atoms with E-state index in [1.807, 2.05) is 63.3 Å². The number of nitrogens with two attached hydrogens (primary N) is 1. The minimum Gasteiger partial charge on any atom is -0.495 e. The van der Waals surface area contributed by atoms with Gasteiger partial charge in [0.25, 0.3) is 0 Å². The number of carbonyl (C=O) groups excluding carboxylic acids is 3. The fourth-order valence-electron chi connectivity index (χ4n) is 4.38. The third-order valence-corrected chi connectivity index (χ3v) is 7.37. The molecule has 4 N–H and O–H groups in total. The Kier molecular flexibility index (Phi) is 16.0. The normalized spacial score (nSPS) is 14.8. The molecule has 0 radical (unpaired) electrons. The summed E-state index contributed by atoms with van der Waals surface area (Å²) in [5.74, 6) is -3.55. The van der Waals surface area contributed by atoms with Crippen molar-refractivity contribution in [3.8, 4) is 5.75 Å². The number of hydrogen-bond donors (Lipinski definition) is 3. The van der Waals surface area contributed by atoms with Gasteiger partial charge in [-0.3, -0.25) is 9.59 Å². The highest BCUT2D eigenvalue weighted by atomic mass is 35.5. The van der Waals surface area contributed by atoms with E-state index in [1.165, 1.54) is 13.2 Å². The van der Waals surface area contributed by atoms with Crippen LogP contribution in [0.2, 0.25) is 5.02 Å². The third-order valence-electron chi connectivity index (χ3n) is 7.07. The molecule has 0 saturated carbocycles. The van der Waals surface area contributed by atoms with Crippen molar-refractivity contribution in [3.63, 3.8) is 0 Å². The monoisotopic (exact) mass is 656 g/mol. The summed E-state index contributed by atoms with van der Waals surface area (Å²) >= 11 is 6.16. The lowest BCUT2D eigenvalue weighted by atomic mass is 9.99. The summed E-state index contributed by atoms with van der Waals surface area (Å²) in [5, 5.41) is 12.1. The highest BCUT2D eigenvalue weighted by Gasteiger charge is 2.31. The van der Waals surface area contributed by atoms with Gasteiger partial charge in [-0.1, -0.05) is 93.9 Å². The first-order valence-corrected chi connectivity index (χ1v) is 15.6. The lowest BCUT2D eigenvalue weighted by Gasteiger charge is -2.26. The molecule has 250 valence electrons. The Labute approximate surface area is 275 Å². The molecule has 1 unspecified atom stereocenters. The van der Waals surface area contributed by atoms with Crippen LogP contribution in [0.5, 0.6) is 5.75 Å².